The van der Waals surface area contributed by atoms with Crippen LogP contribution in [0.3, 0.4) is 0 Å². The molecule has 2 aromatic rings. The summed E-state index contributed by atoms with van der Waals surface area (Å²) in [5, 5.41) is 5.76. The van der Waals surface area contributed by atoms with Crippen LogP contribution in [0.1, 0.15) is 0 Å². The van der Waals surface area contributed by atoms with Gasteiger partial charge in [0.1, 0.15) is 11.4 Å². The number of nitrogens with zero attached hydrogens (tertiary/aromatic N) is 1. The van der Waals surface area contributed by atoms with Gasteiger partial charge in [-0.2, -0.15) is 0 Å². The molecule has 0 saturated heterocycles. The van der Waals surface area contributed by atoms with Crippen molar-refractivity contribution in [3.8, 4) is 11.5 Å². The van der Waals surface area contributed by atoms with Crippen LogP contribution >= 0.6 is 0 Å². The number of hydrogen-bond acceptors (Lipinski definition) is 5. The van der Waals surface area contributed by atoms with E-state index in [2.05, 4.69) is 15.6 Å². The number of para-hydroxylation sites is 1. The Labute approximate surface area is 129 Å². The van der Waals surface area contributed by atoms with Crippen molar-refractivity contribution in [1.82, 2.24) is 10.3 Å². The molecule has 22 heavy (non-hydrogen) atoms. The number of nitrogens with one attached hydrogen (secondary N) is 2. The van der Waals surface area contributed by atoms with E-state index in [0.717, 1.165) is 0 Å². The summed E-state index contributed by atoms with van der Waals surface area (Å²) in [6.45, 7) is 1.37. The highest BCUT2D eigenvalue weighted by Gasteiger charge is 2.08. The third kappa shape index (κ3) is 5.16. The number of hydrogen-bond donors (Lipinski definition) is 2. The second-order valence-corrected chi connectivity index (χ2v) is 4.50. The molecule has 0 bridgehead atoms. The lowest BCUT2D eigenvalue weighted by Gasteiger charge is -2.12. The van der Waals surface area contributed by atoms with E-state index in [1.54, 1.807) is 25.6 Å². The zero-order chi connectivity index (χ0) is 15.6. The van der Waals surface area contributed by atoms with E-state index in [9.17, 15) is 4.79 Å². The summed E-state index contributed by atoms with van der Waals surface area (Å²) in [5.74, 6) is 1.08. The molecular weight excluding hydrogens is 282 g/mol. The van der Waals surface area contributed by atoms with E-state index in [4.69, 9.17) is 9.47 Å². The smallest absolute Gasteiger partial charge is 0.238 e. The maximum absolute atomic E-state index is 11.9. The van der Waals surface area contributed by atoms with Crippen molar-refractivity contribution >= 4 is 11.6 Å². The third-order valence-corrected chi connectivity index (χ3v) is 2.79. The highest BCUT2D eigenvalue weighted by Crippen LogP contribution is 2.28. The Morgan fingerprint density at radius 3 is 2.82 bits per heavy atom. The van der Waals surface area contributed by atoms with Crippen molar-refractivity contribution in [2.24, 2.45) is 0 Å². The van der Waals surface area contributed by atoms with Gasteiger partial charge in [0.15, 0.2) is 5.75 Å². The van der Waals surface area contributed by atoms with Gasteiger partial charge in [-0.3, -0.25) is 9.78 Å². The Morgan fingerprint density at radius 1 is 1.23 bits per heavy atom. The van der Waals surface area contributed by atoms with Crippen molar-refractivity contribution in [2.45, 2.75) is 0 Å². The van der Waals surface area contributed by atoms with Crippen LogP contribution in [0.15, 0.2) is 48.8 Å². The standard InChI is InChI=1S/C16H19N3O3/c1-21-10-9-18-12-16(20)19-14-11-17-8-7-15(14)22-13-5-3-2-4-6-13/h2-8,11,18H,9-10,12H2,1H3,(H,19,20). The molecule has 116 valence electrons. The molecule has 6 nitrogen and oxygen atoms in total. The van der Waals surface area contributed by atoms with Crippen LogP contribution in [0.4, 0.5) is 5.69 Å². The van der Waals surface area contributed by atoms with E-state index in [1.807, 2.05) is 30.3 Å². The van der Waals surface area contributed by atoms with Crippen LogP contribution in [0.25, 0.3) is 0 Å². The Morgan fingerprint density at radius 2 is 2.05 bits per heavy atom. The van der Waals surface area contributed by atoms with Crippen molar-refractivity contribution in [3.63, 3.8) is 0 Å². The van der Waals surface area contributed by atoms with Crippen molar-refractivity contribution in [3.05, 3.63) is 48.8 Å². The van der Waals surface area contributed by atoms with Crippen LogP contribution in [0.5, 0.6) is 11.5 Å². The second kappa shape index (κ2) is 8.76. The molecular formula is C16H19N3O3. The van der Waals surface area contributed by atoms with E-state index in [0.29, 0.717) is 30.3 Å². The monoisotopic (exact) mass is 301 g/mol. The second-order valence-electron chi connectivity index (χ2n) is 4.50. The van der Waals surface area contributed by atoms with Gasteiger partial charge in [-0.05, 0) is 12.1 Å². The number of ether oxygens (including phenoxy) is 2. The molecule has 0 aliphatic carbocycles. The van der Waals surface area contributed by atoms with Crippen LogP contribution in [-0.4, -0.2) is 37.7 Å². The van der Waals surface area contributed by atoms with Crippen LogP contribution in [-0.2, 0) is 9.53 Å². The van der Waals surface area contributed by atoms with Crippen LogP contribution in [0.2, 0.25) is 0 Å². The number of benzene rings is 1. The SMILES string of the molecule is COCCNCC(=O)Nc1cnccc1Oc1ccccc1. The van der Waals surface area contributed by atoms with Gasteiger partial charge < -0.3 is 20.1 Å². The lowest BCUT2D eigenvalue weighted by atomic mass is 10.3. The lowest BCUT2D eigenvalue weighted by molar-refractivity contribution is -0.115. The Kier molecular flexibility index (Phi) is 6.35. The maximum atomic E-state index is 11.9. The fourth-order valence-electron chi connectivity index (χ4n) is 1.75. The number of rotatable bonds is 8. The summed E-state index contributed by atoms with van der Waals surface area (Å²) in [6.07, 6.45) is 3.18. The summed E-state index contributed by atoms with van der Waals surface area (Å²) >= 11 is 0. The van der Waals surface area contributed by atoms with Crippen LogP contribution < -0.4 is 15.4 Å². The molecule has 0 radical (unpaired) electrons. The fourth-order valence-corrected chi connectivity index (χ4v) is 1.75. The predicted molar refractivity (Wildman–Crippen MR) is 84.1 cm³/mol. The topological polar surface area (TPSA) is 72.5 Å². The molecule has 1 aromatic carbocycles. The minimum Gasteiger partial charge on any atom is -0.455 e. The number of carbonyl (C=O) groups excluding carboxylic acids is 1. The molecule has 0 spiro atoms. The molecule has 6 heteroatoms. The van der Waals surface area contributed by atoms with Crippen molar-refractivity contribution in [2.75, 3.05) is 32.1 Å². The molecule has 0 atom stereocenters. The highest BCUT2D eigenvalue weighted by atomic mass is 16.5. The molecule has 1 heterocycles. The van der Waals surface area contributed by atoms with Gasteiger partial charge in [0.2, 0.25) is 5.91 Å². The molecule has 2 rings (SSSR count). The average molecular weight is 301 g/mol. The highest BCUT2D eigenvalue weighted by molar-refractivity contribution is 5.93. The van der Waals surface area contributed by atoms with Gasteiger partial charge in [-0.25, -0.2) is 0 Å². The first-order valence-corrected chi connectivity index (χ1v) is 6.96. The van der Waals surface area contributed by atoms with Gasteiger partial charge in [0.05, 0.1) is 19.3 Å². The number of anilines is 1. The number of pyridine rings is 1. The summed E-state index contributed by atoms with van der Waals surface area (Å²) < 4.78 is 10.7. The van der Waals surface area contributed by atoms with E-state index in [1.165, 1.54) is 0 Å². The van der Waals surface area contributed by atoms with Gasteiger partial charge >= 0.3 is 0 Å². The zero-order valence-corrected chi connectivity index (χ0v) is 12.4. The lowest BCUT2D eigenvalue weighted by Crippen LogP contribution is -2.30. The summed E-state index contributed by atoms with van der Waals surface area (Å²) in [4.78, 5) is 15.9. The molecule has 0 aliphatic heterocycles. The van der Waals surface area contributed by atoms with Gasteiger partial charge in [-0.1, -0.05) is 18.2 Å². The number of amides is 1. The molecule has 0 unspecified atom stereocenters. The summed E-state index contributed by atoms with van der Waals surface area (Å²) in [6, 6.07) is 11.1. The normalized spacial score (nSPS) is 10.2. The minimum absolute atomic E-state index is 0.165. The molecule has 0 aliphatic rings. The minimum atomic E-state index is -0.165. The first-order chi connectivity index (χ1) is 10.8. The van der Waals surface area contributed by atoms with E-state index < -0.39 is 0 Å². The molecule has 0 fully saturated rings. The van der Waals surface area contributed by atoms with E-state index in [-0.39, 0.29) is 12.5 Å². The van der Waals surface area contributed by atoms with Crippen molar-refractivity contribution in [1.29, 1.82) is 0 Å². The van der Waals surface area contributed by atoms with Crippen LogP contribution in [0, 0.1) is 0 Å². The Balaban J connectivity index is 1.95. The number of aromatic nitrogens is 1. The Bertz CT molecular complexity index is 590. The molecule has 1 aromatic heterocycles. The first-order valence-electron chi connectivity index (χ1n) is 6.96. The predicted octanol–water partition coefficient (Wildman–Crippen LogP) is 2.05. The Hall–Kier alpha value is -2.44. The molecule has 1 amide bonds. The average Bonchev–Trinajstić information content (AvgIpc) is 2.54. The zero-order valence-electron chi connectivity index (χ0n) is 12.4. The molecule has 0 saturated carbocycles. The largest absolute Gasteiger partial charge is 0.455 e. The first kappa shape index (κ1) is 15.9. The van der Waals surface area contributed by atoms with E-state index >= 15 is 0 Å². The summed E-state index contributed by atoms with van der Waals surface area (Å²) in [5.41, 5.74) is 0.532. The van der Waals surface area contributed by atoms with Gasteiger partial charge in [-0.15, -0.1) is 0 Å². The quantitative estimate of drug-likeness (QED) is 0.730. The van der Waals surface area contributed by atoms with Gasteiger partial charge in [0, 0.05) is 25.9 Å². The fraction of sp³-hybridized carbons (Fsp3) is 0.250. The number of carbonyl (C=O) groups is 1. The maximum Gasteiger partial charge on any atom is 0.238 e. The molecule has 2 N–H and O–H groups in total. The van der Waals surface area contributed by atoms with Gasteiger partial charge in [0.25, 0.3) is 0 Å². The van der Waals surface area contributed by atoms with Crippen molar-refractivity contribution < 1.29 is 14.3 Å². The third-order valence-electron chi connectivity index (χ3n) is 2.79. The summed E-state index contributed by atoms with van der Waals surface area (Å²) in [7, 11) is 1.62. The number of methoxy groups -OCH3 is 1.